The first-order valence-corrected chi connectivity index (χ1v) is 7.41. The third kappa shape index (κ3) is 4.46. The Hall–Kier alpha value is -1.15. The molecule has 0 saturated heterocycles. The van der Waals surface area contributed by atoms with Crippen molar-refractivity contribution in [3.05, 3.63) is 29.3 Å². The number of halogens is 1. The molecule has 0 amide bonds. The molecular formula is C11H15ClN2O4S. The molecule has 1 aromatic rings. The first-order chi connectivity index (χ1) is 8.90. The van der Waals surface area contributed by atoms with E-state index in [0.29, 0.717) is 5.02 Å². The van der Waals surface area contributed by atoms with Crippen LogP contribution in [0.2, 0.25) is 5.02 Å². The second-order valence-electron chi connectivity index (χ2n) is 3.62. The van der Waals surface area contributed by atoms with Crippen LogP contribution in [0.25, 0.3) is 0 Å². The number of esters is 1. The quantitative estimate of drug-likeness (QED) is 0.746. The molecule has 1 rings (SSSR count). The minimum atomic E-state index is -3.84. The zero-order chi connectivity index (χ0) is 14.5. The molecule has 6 nitrogen and oxygen atoms in total. The Bertz CT molecular complexity index is 530. The second kappa shape index (κ2) is 6.85. The minimum absolute atomic E-state index is 0.000325. The molecule has 0 fully saturated rings. The van der Waals surface area contributed by atoms with E-state index in [4.69, 9.17) is 22.1 Å². The van der Waals surface area contributed by atoms with E-state index in [1.807, 2.05) is 0 Å². The predicted molar refractivity (Wildman–Crippen MR) is 71.2 cm³/mol. The first kappa shape index (κ1) is 15.9. The van der Waals surface area contributed by atoms with Gasteiger partial charge in [-0.25, -0.2) is 8.42 Å². The highest BCUT2D eigenvalue weighted by molar-refractivity contribution is 7.89. The smallest absolute Gasteiger partial charge is 0.325 e. The Kier molecular flexibility index (Phi) is 5.74. The number of carbonyl (C=O) groups excluding carboxylic acids is 1. The first-order valence-electron chi connectivity index (χ1n) is 5.55. The van der Waals surface area contributed by atoms with E-state index in [1.54, 1.807) is 6.92 Å². The highest BCUT2D eigenvalue weighted by Gasteiger charge is 2.25. The molecule has 0 aliphatic rings. The van der Waals surface area contributed by atoms with Crippen molar-refractivity contribution in [2.75, 3.05) is 13.2 Å². The summed E-state index contributed by atoms with van der Waals surface area (Å²) in [6.07, 6.45) is 0. The van der Waals surface area contributed by atoms with Crippen molar-refractivity contribution in [3.63, 3.8) is 0 Å². The van der Waals surface area contributed by atoms with Crippen molar-refractivity contribution in [1.82, 2.24) is 4.72 Å². The van der Waals surface area contributed by atoms with Crippen LogP contribution in [0.15, 0.2) is 29.2 Å². The SMILES string of the molecule is CCOC(=O)[C@H](CN)NS(=O)(=O)c1ccc(Cl)cc1. The van der Waals surface area contributed by atoms with E-state index in [0.717, 1.165) is 0 Å². The number of carbonyl (C=O) groups is 1. The average Bonchev–Trinajstić information content (AvgIpc) is 2.36. The molecule has 1 aromatic carbocycles. The molecule has 106 valence electrons. The fourth-order valence-corrected chi connectivity index (χ4v) is 2.63. The van der Waals surface area contributed by atoms with Gasteiger partial charge in [0, 0.05) is 11.6 Å². The highest BCUT2D eigenvalue weighted by atomic mass is 35.5. The molecule has 19 heavy (non-hydrogen) atoms. The number of rotatable bonds is 6. The molecule has 0 saturated carbocycles. The van der Waals surface area contributed by atoms with Gasteiger partial charge in [0.25, 0.3) is 0 Å². The van der Waals surface area contributed by atoms with Crippen LogP contribution in [-0.2, 0) is 19.6 Å². The third-order valence-electron chi connectivity index (χ3n) is 2.23. The van der Waals surface area contributed by atoms with Crippen LogP contribution in [0, 0.1) is 0 Å². The van der Waals surface area contributed by atoms with E-state index in [2.05, 4.69) is 4.72 Å². The predicted octanol–water partition coefficient (Wildman–Crippen LogP) is 0.509. The van der Waals surface area contributed by atoms with Crippen LogP contribution in [0.4, 0.5) is 0 Å². The maximum absolute atomic E-state index is 12.0. The molecule has 0 spiro atoms. The van der Waals surface area contributed by atoms with Gasteiger partial charge in [0.1, 0.15) is 6.04 Å². The second-order valence-corrected chi connectivity index (χ2v) is 5.77. The van der Waals surface area contributed by atoms with E-state index in [-0.39, 0.29) is 18.0 Å². The fourth-order valence-electron chi connectivity index (χ4n) is 1.30. The van der Waals surface area contributed by atoms with Gasteiger partial charge in [0.15, 0.2) is 0 Å². The monoisotopic (exact) mass is 306 g/mol. The zero-order valence-electron chi connectivity index (χ0n) is 10.3. The molecule has 0 heterocycles. The minimum Gasteiger partial charge on any atom is -0.465 e. The van der Waals surface area contributed by atoms with Crippen LogP contribution in [-0.4, -0.2) is 33.6 Å². The number of nitrogens with two attached hydrogens (primary N) is 1. The maximum atomic E-state index is 12.0. The third-order valence-corrected chi connectivity index (χ3v) is 3.97. The number of benzene rings is 1. The lowest BCUT2D eigenvalue weighted by atomic mass is 10.3. The van der Waals surface area contributed by atoms with Gasteiger partial charge in [-0.2, -0.15) is 4.72 Å². The lowest BCUT2D eigenvalue weighted by Crippen LogP contribution is -2.46. The summed E-state index contributed by atoms with van der Waals surface area (Å²) in [6.45, 7) is 1.59. The highest BCUT2D eigenvalue weighted by Crippen LogP contribution is 2.14. The summed E-state index contributed by atoms with van der Waals surface area (Å²) < 4.78 is 30.9. The fraction of sp³-hybridized carbons (Fsp3) is 0.364. The molecule has 0 aromatic heterocycles. The molecule has 0 unspecified atom stereocenters. The Morgan fingerprint density at radius 1 is 1.42 bits per heavy atom. The van der Waals surface area contributed by atoms with Gasteiger partial charge in [-0.05, 0) is 31.2 Å². The van der Waals surface area contributed by atoms with Crippen molar-refractivity contribution >= 4 is 27.6 Å². The van der Waals surface area contributed by atoms with E-state index in [9.17, 15) is 13.2 Å². The summed E-state index contributed by atoms with van der Waals surface area (Å²) in [4.78, 5) is 11.5. The molecular weight excluding hydrogens is 292 g/mol. The number of hydrogen-bond donors (Lipinski definition) is 2. The van der Waals surface area contributed by atoms with E-state index < -0.39 is 22.0 Å². The van der Waals surface area contributed by atoms with Gasteiger partial charge in [-0.15, -0.1) is 0 Å². The van der Waals surface area contributed by atoms with E-state index in [1.165, 1.54) is 24.3 Å². The normalized spacial score (nSPS) is 13.0. The van der Waals surface area contributed by atoms with Crippen molar-refractivity contribution < 1.29 is 17.9 Å². The summed E-state index contributed by atoms with van der Waals surface area (Å²) >= 11 is 5.68. The Labute approximate surface area is 116 Å². The van der Waals surface area contributed by atoms with Crippen molar-refractivity contribution in [3.8, 4) is 0 Å². The number of hydrogen-bond acceptors (Lipinski definition) is 5. The van der Waals surface area contributed by atoms with Crippen LogP contribution >= 0.6 is 11.6 Å². The summed E-state index contributed by atoms with van der Waals surface area (Å²) in [6, 6.07) is 4.45. The largest absolute Gasteiger partial charge is 0.465 e. The Morgan fingerprint density at radius 3 is 2.47 bits per heavy atom. The lowest BCUT2D eigenvalue weighted by Gasteiger charge is -2.15. The van der Waals surface area contributed by atoms with Crippen LogP contribution in [0.5, 0.6) is 0 Å². The van der Waals surface area contributed by atoms with Crippen LogP contribution in [0.3, 0.4) is 0 Å². The Balaban J connectivity index is 2.89. The summed E-state index contributed by atoms with van der Waals surface area (Å²) in [7, 11) is -3.84. The van der Waals surface area contributed by atoms with Crippen molar-refractivity contribution in [2.45, 2.75) is 17.9 Å². The molecule has 3 N–H and O–H groups in total. The standard InChI is InChI=1S/C11H15ClN2O4S/c1-2-18-11(15)10(7-13)14-19(16,17)9-5-3-8(12)4-6-9/h3-6,10,14H,2,7,13H2,1H3/t10-/m0/s1. The maximum Gasteiger partial charge on any atom is 0.325 e. The summed E-state index contributed by atoms with van der Waals surface area (Å²) in [5.41, 5.74) is 5.36. The molecule has 8 heteroatoms. The van der Waals surface area contributed by atoms with E-state index >= 15 is 0 Å². The molecule has 0 bridgehead atoms. The number of nitrogens with one attached hydrogen (secondary N) is 1. The van der Waals surface area contributed by atoms with Gasteiger partial charge in [0.05, 0.1) is 11.5 Å². The molecule has 1 atom stereocenters. The molecule has 0 aliphatic carbocycles. The van der Waals surface area contributed by atoms with Gasteiger partial charge in [-0.3, -0.25) is 4.79 Å². The molecule has 0 aliphatic heterocycles. The number of ether oxygens (including phenoxy) is 1. The van der Waals surface area contributed by atoms with Crippen LogP contribution < -0.4 is 10.5 Å². The van der Waals surface area contributed by atoms with Crippen molar-refractivity contribution in [2.24, 2.45) is 5.73 Å². The van der Waals surface area contributed by atoms with Gasteiger partial charge >= 0.3 is 5.97 Å². The topological polar surface area (TPSA) is 98.5 Å². The summed E-state index contributed by atoms with van der Waals surface area (Å²) in [5.74, 6) is -0.706. The average molecular weight is 307 g/mol. The van der Waals surface area contributed by atoms with Gasteiger partial charge in [-0.1, -0.05) is 11.6 Å². The number of sulfonamides is 1. The Morgan fingerprint density at radius 2 is 2.00 bits per heavy atom. The molecule has 0 radical (unpaired) electrons. The van der Waals surface area contributed by atoms with Crippen molar-refractivity contribution in [1.29, 1.82) is 0 Å². The van der Waals surface area contributed by atoms with Crippen LogP contribution in [0.1, 0.15) is 6.92 Å². The van der Waals surface area contributed by atoms with Gasteiger partial charge < -0.3 is 10.5 Å². The van der Waals surface area contributed by atoms with Gasteiger partial charge in [0.2, 0.25) is 10.0 Å². The summed E-state index contributed by atoms with van der Waals surface area (Å²) in [5, 5.41) is 0.416. The lowest BCUT2D eigenvalue weighted by molar-refractivity contribution is -0.144. The zero-order valence-corrected chi connectivity index (χ0v) is 11.9.